The van der Waals surface area contributed by atoms with E-state index in [1.54, 1.807) is 24.3 Å². The highest BCUT2D eigenvalue weighted by Crippen LogP contribution is 2.38. The third-order valence-electron chi connectivity index (χ3n) is 3.86. The highest BCUT2D eigenvalue weighted by molar-refractivity contribution is 14.1. The van der Waals surface area contributed by atoms with E-state index in [-0.39, 0.29) is 23.1 Å². The van der Waals surface area contributed by atoms with Crippen molar-refractivity contribution in [3.8, 4) is 0 Å². The van der Waals surface area contributed by atoms with Crippen molar-refractivity contribution in [2.75, 3.05) is 6.61 Å². The summed E-state index contributed by atoms with van der Waals surface area (Å²) in [5, 5.41) is 0. The smallest absolute Gasteiger partial charge is 0.240 e. The number of halogens is 1. The normalized spacial score (nSPS) is 33.8. The molecule has 104 valence electrons. The van der Waals surface area contributed by atoms with Gasteiger partial charge in [-0.15, -0.1) is 0 Å². The molecule has 3 rings (SSSR count). The second kappa shape index (κ2) is 4.96. The molecule has 7 heteroatoms. The van der Waals surface area contributed by atoms with Crippen LogP contribution in [0.2, 0.25) is 0 Å². The number of ether oxygens (including phenoxy) is 1. The zero-order valence-electron chi connectivity index (χ0n) is 10.1. The second-order valence-corrected chi connectivity index (χ2v) is 7.93. The first kappa shape index (κ1) is 13.7. The van der Waals surface area contributed by atoms with E-state index < -0.39 is 10.0 Å². The average molecular weight is 394 g/mol. The predicted octanol–water partition coefficient (Wildman–Crippen LogP) is 0.684. The third kappa shape index (κ3) is 2.42. The van der Waals surface area contributed by atoms with Crippen LogP contribution in [0.15, 0.2) is 29.2 Å². The van der Waals surface area contributed by atoms with Gasteiger partial charge in [-0.3, -0.25) is 0 Å². The van der Waals surface area contributed by atoms with Crippen LogP contribution < -0.4 is 10.5 Å². The molecule has 1 heterocycles. The van der Waals surface area contributed by atoms with Gasteiger partial charge in [-0.1, -0.05) is 0 Å². The lowest BCUT2D eigenvalue weighted by Gasteiger charge is -2.45. The van der Waals surface area contributed by atoms with Crippen LogP contribution in [0.25, 0.3) is 0 Å². The van der Waals surface area contributed by atoms with Crippen molar-refractivity contribution in [2.24, 2.45) is 11.7 Å². The van der Waals surface area contributed by atoms with Crippen molar-refractivity contribution >= 4 is 32.6 Å². The SMILES string of the molecule is NC1C2CCOC2C1NS(=O)(=O)c1ccc(I)cc1. The molecule has 0 amide bonds. The van der Waals surface area contributed by atoms with Crippen LogP contribution in [0.3, 0.4) is 0 Å². The molecular formula is C12H15IN2O3S. The van der Waals surface area contributed by atoms with Gasteiger partial charge in [0.25, 0.3) is 0 Å². The number of sulfonamides is 1. The minimum absolute atomic E-state index is 0.0615. The topological polar surface area (TPSA) is 81.4 Å². The van der Waals surface area contributed by atoms with Crippen LogP contribution in [0, 0.1) is 9.49 Å². The van der Waals surface area contributed by atoms with Gasteiger partial charge in [0, 0.05) is 22.1 Å². The Morgan fingerprint density at radius 1 is 1.32 bits per heavy atom. The Morgan fingerprint density at radius 2 is 2.00 bits per heavy atom. The molecule has 2 aliphatic rings. The summed E-state index contributed by atoms with van der Waals surface area (Å²) in [5.74, 6) is 0.296. The minimum Gasteiger partial charge on any atom is -0.376 e. The quantitative estimate of drug-likeness (QED) is 0.740. The lowest BCUT2D eigenvalue weighted by Crippen LogP contribution is -2.68. The van der Waals surface area contributed by atoms with Crippen LogP contribution in [0.4, 0.5) is 0 Å². The molecule has 19 heavy (non-hydrogen) atoms. The van der Waals surface area contributed by atoms with E-state index in [4.69, 9.17) is 10.5 Å². The molecule has 2 fully saturated rings. The lowest BCUT2D eigenvalue weighted by molar-refractivity contribution is -0.00924. The van der Waals surface area contributed by atoms with Gasteiger partial charge in [0.05, 0.1) is 17.0 Å². The van der Waals surface area contributed by atoms with E-state index >= 15 is 0 Å². The number of nitrogens with two attached hydrogens (primary N) is 1. The summed E-state index contributed by atoms with van der Waals surface area (Å²) >= 11 is 2.14. The van der Waals surface area contributed by atoms with E-state index in [9.17, 15) is 8.42 Å². The molecule has 4 atom stereocenters. The summed E-state index contributed by atoms with van der Waals surface area (Å²) < 4.78 is 33.7. The molecule has 0 spiro atoms. The van der Waals surface area contributed by atoms with Crippen molar-refractivity contribution < 1.29 is 13.2 Å². The first-order valence-electron chi connectivity index (χ1n) is 6.14. The zero-order valence-corrected chi connectivity index (χ0v) is 13.1. The maximum Gasteiger partial charge on any atom is 0.240 e. The van der Waals surface area contributed by atoms with Crippen molar-refractivity contribution in [3.63, 3.8) is 0 Å². The summed E-state index contributed by atoms with van der Waals surface area (Å²) in [5.41, 5.74) is 6.01. The van der Waals surface area contributed by atoms with E-state index in [0.29, 0.717) is 12.5 Å². The number of rotatable bonds is 3. The summed E-state index contributed by atoms with van der Waals surface area (Å²) in [7, 11) is -3.52. The summed E-state index contributed by atoms with van der Waals surface area (Å²) in [6, 6.07) is 6.28. The molecule has 1 aliphatic carbocycles. The molecule has 5 nitrogen and oxygen atoms in total. The maximum absolute atomic E-state index is 12.3. The number of nitrogens with one attached hydrogen (secondary N) is 1. The molecule has 1 aromatic rings. The van der Waals surface area contributed by atoms with E-state index in [1.165, 1.54) is 0 Å². The number of hydrogen-bond acceptors (Lipinski definition) is 4. The van der Waals surface area contributed by atoms with Crippen molar-refractivity contribution in [3.05, 3.63) is 27.8 Å². The van der Waals surface area contributed by atoms with Crippen LogP contribution in [-0.2, 0) is 14.8 Å². The maximum atomic E-state index is 12.3. The summed E-state index contributed by atoms with van der Waals surface area (Å²) in [6.45, 7) is 0.671. The van der Waals surface area contributed by atoms with E-state index in [1.807, 2.05) is 0 Å². The van der Waals surface area contributed by atoms with Crippen LogP contribution in [0.1, 0.15) is 6.42 Å². The third-order valence-corrected chi connectivity index (χ3v) is 6.06. The fourth-order valence-corrected chi connectivity index (χ4v) is 4.40. The predicted molar refractivity (Wildman–Crippen MR) is 79.1 cm³/mol. The molecule has 1 aromatic carbocycles. The van der Waals surface area contributed by atoms with Crippen molar-refractivity contribution in [1.29, 1.82) is 0 Å². The number of fused-ring (bicyclic) bond motifs is 1. The first-order chi connectivity index (χ1) is 8.99. The Balaban J connectivity index is 1.77. The molecule has 1 saturated carbocycles. The Kier molecular flexibility index (Phi) is 3.59. The monoisotopic (exact) mass is 394 g/mol. The Labute approximate surface area is 126 Å². The Bertz CT molecular complexity index is 575. The summed E-state index contributed by atoms with van der Waals surface area (Å²) in [4.78, 5) is 0.265. The second-order valence-electron chi connectivity index (χ2n) is 4.97. The minimum atomic E-state index is -3.52. The first-order valence-corrected chi connectivity index (χ1v) is 8.70. The highest BCUT2D eigenvalue weighted by atomic mass is 127. The van der Waals surface area contributed by atoms with Crippen molar-refractivity contribution in [2.45, 2.75) is 29.5 Å². The molecule has 0 bridgehead atoms. The molecular weight excluding hydrogens is 379 g/mol. The van der Waals surface area contributed by atoms with E-state index in [0.717, 1.165) is 9.99 Å². The molecule has 1 aliphatic heterocycles. The largest absolute Gasteiger partial charge is 0.376 e. The van der Waals surface area contributed by atoms with Gasteiger partial charge in [-0.05, 0) is 53.3 Å². The molecule has 4 unspecified atom stereocenters. The van der Waals surface area contributed by atoms with Crippen molar-refractivity contribution in [1.82, 2.24) is 4.72 Å². The van der Waals surface area contributed by atoms with Crippen LogP contribution >= 0.6 is 22.6 Å². The zero-order chi connectivity index (χ0) is 13.6. The fourth-order valence-electron chi connectivity index (χ4n) is 2.76. The standard InChI is InChI=1S/C12H15IN2O3S/c13-7-1-3-8(4-2-7)19(16,17)15-11-10(14)9-5-6-18-12(9)11/h1-4,9-12,15H,5-6,14H2. The van der Waals surface area contributed by atoms with Crippen LogP contribution in [0.5, 0.6) is 0 Å². The molecule has 3 N–H and O–H groups in total. The van der Waals surface area contributed by atoms with Crippen LogP contribution in [-0.4, -0.2) is 33.2 Å². The summed E-state index contributed by atoms with van der Waals surface area (Å²) in [6.07, 6.45) is 0.863. The fraction of sp³-hybridized carbons (Fsp3) is 0.500. The van der Waals surface area contributed by atoms with Gasteiger partial charge >= 0.3 is 0 Å². The number of hydrogen-bond donors (Lipinski definition) is 2. The highest BCUT2D eigenvalue weighted by Gasteiger charge is 2.53. The molecule has 1 saturated heterocycles. The van der Waals surface area contributed by atoms with Gasteiger partial charge in [-0.25, -0.2) is 13.1 Å². The van der Waals surface area contributed by atoms with Gasteiger partial charge in [0.15, 0.2) is 0 Å². The van der Waals surface area contributed by atoms with Gasteiger partial charge in [0.1, 0.15) is 0 Å². The Morgan fingerprint density at radius 3 is 2.68 bits per heavy atom. The molecule has 0 aromatic heterocycles. The van der Waals surface area contributed by atoms with Gasteiger partial charge < -0.3 is 10.5 Å². The van der Waals surface area contributed by atoms with Gasteiger partial charge in [0.2, 0.25) is 10.0 Å². The number of benzene rings is 1. The van der Waals surface area contributed by atoms with E-state index in [2.05, 4.69) is 27.3 Å². The lowest BCUT2D eigenvalue weighted by atomic mass is 9.73. The van der Waals surface area contributed by atoms with Gasteiger partial charge in [-0.2, -0.15) is 0 Å². The Hall–Kier alpha value is -0.220. The average Bonchev–Trinajstić information content (AvgIpc) is 2.81. The molecule has 0 radical (unpaired) electrons.